The second-order valence-corrected chi connectivity index (χ2v) is 5.47. The molecule has 17 heavy (non-hydrogen) atoms. The van der Waals surface area contributed by atoms with Gasteiger partial charge >= 0.3 is 6.09 Å². The van der Waals surface area contributed by atoms with Crippen LogP contribution in [0, 0.1) is 0 Å². The van der Waals surface area contributed by atoms with Crippen LogP contribution >= 0.6 is 0 Å². The van der Waals surface area contributed by atoms with E-state index in [1.165, 1.54) is 4.72 Å². The molecule has 1 aromatic carbocycles. The van der Waals surface area contributed by atoms with Gasteiger partial charge in [-0.2, -0.15) is 0 Å². The predicted octanol–water partition coefficient (Wildman–Crippen LogP) is 0.935. The highest BCUT2D eigenvalue weighted by Gasteiger charge is 2.32. The van der Waals surface area contributed by atoms with Gasteiger partial charge in [0.15, 0.2) is 0 Å². The number of hydrogen-bond acceptors (Lipinski definition) is 4. The number of aryl methyl sites for hydroxylation is 1. The largest absolute Gasteiger partial charge is 0.472 e. The summed E-state index contributed by atoms with van der Waals surface area (Å²) in [7, 11) is -4.00. The van der Waals surface area contributed by atoms with E-state index >= 15 is 0 Å². The smallest absolute Gasteiger partial charge is 0.418 e. The molecule has 0 fully saturated rings. The first kappa shape index (κ1) is 11.7. The average molecular weight is 257 g/mol. The summed E-state index contributed by atoms with van der Waals surface area (Å²) < 4.78 is 29.9. The van der Waals surface area contributed by atoms with Crippen molar-refractivity contribution in [1.29, 1.82) is 0 Å². The summed E-state index contributed by atoms with van der Waals surface area (Å²) in [6, 6.07) is 7.09. The third kappa shape index (κ3) is 2.50. The number of para-hydroxylation sites is 1. The molecule has 2 N–H and O–H groups in total. The lowest BCUT2D eigenvalue weighted by molar-refractivity contribution is 0.198. The molecule has 1 unspecified atom stereocenters. The topological polar surface area (TPSA) is 92.7 Å². The maximum absolute atomic E-state index is 11.6. The number of carboxylic acid groups (broad SMARTS) is 1. The Morgan fingerprint density at radius 1 is 1.41 bits per heavy atom. The van der Waals surface area contributed by atoms with Crippen molar-refractivity contribution >= 4 is 16.1 Å². The van der Waals surface area contributed by atoms with Crippen LogP contribution in [0.15, 0.2) is 24.3 Å². The van der Waals surface area contributed by atoms with Crippen LogP contribution in [0.3, 0.4) is 0 Å². The highest BCUT2D eigenvalue weighted by molar-refractivity contribution is 7.90. The number of benzene rings is 1. The summed E-state index contributed by atoms with van der Waals surface area (Å²) in [5.41, 5.74) is -0.234. The van der Waals surface area contributed by atoms with Crippen molar-refractivity contribution in [3.8, 4) is 5.75 Å². The highest BCUT2D eigenvalue weighted by Crippen LogP contribution is 2.28. The summed E-state index contributed by atoms with van der Waals surface area (Å²) >= 11 is 0. The van der Waals surface area contributed by atoms with E-state index in [9.17, 15) is 13.2 Å². The van der Waals surface area contributed by atoms with E-state index < -0.39 is 21.6 Å². The number of fused-ring (bicyclic) bond motifs is 1. The molecule has 7 heteroatoms. The minimum Gasteiger partial charge on any atom is -0.472 e. The van der Waals surface area contributed by atoms with Gasteiger partial charge in [-0.3, -0.25) is 0 Å². The van der Waals surface area contributed by atoms with Gasteiger partial charge in [0, 0.05) is 6.42 Å². The molecule has 0 bridgehead atoms. The van der Waals surface area contributed by atoms with Gasteiger partial charge in [-0.1, -0.05) is 18.2 Å². The SMILES string of the molecule is O=C(O)NS(=O)(=O)C1CCc2ccccc2O1. The molecule has 1 atom stereocenters. The molecule has 1 amide bonds. The zero-order chi connectivity index (χ0) is 12.5. The molecule has 1 aromatic rings. The Hall–Kier alpha value is -1.76. The number of carbonyl (C=O) groups is 1. The monoisotopic (exact) mass is 257 g/mol. The van der Waals surface area contributed by atoms with Crippen molar-refractivity contribution in [3.63, 3.8) is 0 Å². The normalized spacial score (nSPS) is 18.9. The molecule has 6 nitrogen and oxygen atoms in total. The number of ether oxygens (including phenoxy) is 1. The molecule has 1 aliphatic rings. The highest BCUT2D eigenvalue weighted by atomic mass is 32.2. The van der Waals surface area contributed by atoms with Gasteiger partial charge in [0.05, 0.1) is 0 Å². The first-order valence-electron chi connectivity index (χ1n) is 4.98. The minimum atomic E-state index is -4.00. The molecular weight excluding hydrogens is 246 g/mol. The van der Waals surface area contributed by atoms with E-state index in [1.807, 2.05) is 12.1 Å². The Morgan fingerprint density at radius 3 is 2.82 bits per heavy atom. The Kier molecular flexibility index (Phi) is 2.93. The zero-order valence-corrected chi connectivity index (χ0v) is 9.61. The fraction of sp³-hybridized carbons (Fsp3) is 0.300. The van der Waals surface area contributed by atoms with E-state index in [4.69, 9.17) is 9.84 Å². The van der Waals surface area contributed by atoms with Crippen LogP contribution in [0.1, 0.15) is 12.0 Å². The van der Waals surface area contributed by atoms with Crippen molar-refractivity contribution in [3.05, 3.63) is 29.8 Å². The summed E-state index contributed by atoms with van der Waals surface area (Å²) in [5, 5.41) is 8.43. The van der Waals surface area contributed by atoms with Gasteiger partial charge in [0.1, 0.15) is 5.75 Å². The van der Waals surface area contributed by atoms with E-state index in [1.54, 1.807) is 12.1 Å². The van der Waals surface area contributed by atoms with Gasteiger partial charge in [-0.25, -0.2) is 17.9 Å². The van der Waals surface area contributed by atoms with Crippen molar-refractivity contribution in [1.82, 2.24) is 4.72 Å². The van der Waals surface area contributed by atoms with Crippen LogP contribution in [0.4, 0.5) is 4.79 Å². The van der Waals surface area contributed by atoms with Crippen LogP contribution < -0.4 is 9.46 Å². The van der Waals surface area contributed by atoms with Crippen molar-refractivity contribution in [2.75, 3.05) is 0 Å². The number of amides is 1. The van der Waals surface area contributed by atoms with Gasteiger partial charge in [-0.05, 0) is 18.1 Å². The lowest BCUT2D eigenvalue weighted by Gasteiger charge is -2.25. The van der Waals surface area contributed by atoms with E-state index in [-0.39, 0.29) is 6.42 Å². The number of hydrogen-bond donors (Lipinski definition) is 2. The summed E-state index contributed by atoms with van der Waals surface area (Å²) in [4.78, 5) is 10.4. The lowest BCUT2D eigenvalue weighted by Crippen LogP contribution is -2.42. The molecule has 0 saturated carbocycles. The van der Waals surface area contributed by atoms with Crippen molar-refractivity contribution in [2.24, 2.45) is 0 Å². The van der Waals surface area contributed by atoms with Gasteiger partial charge < -0.3 is 9.84 Å². The fourth-order valence-corrected chi connectivity index (χ4v) is 2.74. The summed E-state index contributed by atoms with van der Waals surface area (Å²) in [5.74, 6) is 0.486. The molecule has 0 spiro atoms. The third-order valence-electron chi connectivity index (χ3n) is 2.46. The van der Waals surface area contributed by atoms with Crippen LogP contribution in [0.25, 0.3) is 0 Å². The maximum atomic E-state index is 11.6. The number of nitrogens with one attached hydrogen (secondary N) is 1. The molecule has 0 aromatic heterocycles. The fourth-order valence-electron chi connectivity index (χ4n) is 1.71. The molecule has 1 heterocycles. The van der Waals surface area contributed by atoms with Crippen LogP contribution in [0.2, 0.25) is 0 Å². The Bertz CT molecular complexity index is 539. The summed E-state index contributed by atoms with van der Waals surface area (Å²) in [6.07, 6.45) is -0.825. The Labute approximate surface area is 98.3 Å². The lowest BCUT2D eigenvalue weighted by atomic mass is 10.1. The molecule has 0 saturated heterocycles. The van der Waals surface area contributed by atoms with Gasteiger partial charge in [0.2, 0.25) is 5.44 Å². The summed E-state index contributed by atoms with van der Waals surface area (Å²) in [6.45, 7) is 0. The minimum absolute atomic E-state index is 0.236. The second-order valence-electron chi connectivity index (χ2n) is 3.65. The molecule has 0 radical (unpaired) electrons. The molecule has 2 rings (SSSR count). The third-order valence-corrected chi connectivity index (χ3v) is 3.94. The first-order chi connectivity index (χ1) is 7.99. The van der Waals surface area contributed by atoms with Crippen LogP contribution in [-0.4, -0.2) is 25.1 Å². The average Bonchev–Trinajstić information content (AvgIpc) is 2.26. The van der Waals surface area contributed by atoms with Crippen LogP contribution in [-0.2, 0) is 16.4 Å². The second kappa shape index (κ2) is 4.25. The predicted molar refractivity (Wildman–Crippen MR) is 59.3 cm³/mol. The number of rotatable bonds is 2. The Morgan fingerprint density at radius 2 is 2.12 bits per heavy atom. The van der Waals surface area contributed by atoms with Gasteiger partial charge in [-0.15, -0.1) is 0 Å². The Balaban J connectivity index is 2.20. The van der Waals surface area contributed by atoms with E-state index in [2.05, 4.69) is 0 Å². The number of sulfonamides is 1. The van der Waals surface area contributed by atoms with E-state index in [0.717, 1.165) is 5.56 Å². The van der Waals surface area contributed by atoms with E-state index in [0.29, 0.717) is 12.2 Å². The quantitative estimate of drug-likeness (QED) is 0.822. The molecule has 92 valence electrons. The van der Waals surface area contributed by atoms with Crippen LogP contribution in [0.5, 0.6) is 5.75 Å². The van der Waals surface area contributed by atoms with Crippen molar-refractivity contribution < 1.29 is 23.1 Å². The van der Waals surface area contributed by atoms with Gasteiger partial charge in [0.25, 0.3) is 10.0 Å². The van der Waals surface area contributed by atoms with Crippen molar-refractivity contribution in [2.45, 2.75) is 18.3 Å². The molecule has 0 aliphatic carbocycles. The molecular formula is C10H11NO5S. The molecule has 1 aliphatic heterocycles. The standard InChI is InChI=1S/C10H11NO5S/c12-10(13)11-17(14,15)9-6-5-7-3-1-2-4-8(7)16-9/h1-4,9,11H,5-6H2,(H,12,13). The first-order valence-corrected chi connectivity index (χ1v) is 6.53. The zero-order valence-electron chi connectivity index (χ0n) is 8.79. The maximum Gasteiger partial charge on any atom is 0.418 e.